The molecule has 0 aliphatic heterocycles. The lowest BCUT2D eigenvalue weighted by atomic mass is 10.0. The maximum atomic E-state index is 12.5. The number of methoxy groups -OCH3 is 1. The zero-order valence-corrected chi connectivity index (χ0v) is 13.4. The highest BCUT2D eigenvalue weighted by Crippen LogP contribution is 2.34. The first-order valence-electron chi connectivity index (χ1n) is 7.61. The zero-order chi connectivity index (χ0) is 15.5. The number of hydrogen-bond acceptors (Lipinski definition) is 3. The first-order chi connectivity index (χ1) is 9.97. The van der Waals surface area contributed by atoms with Crippen LogP contribution in [0.2, 0.25) is 0 Å². The number of anilines is 1. The van der Waals surface area contributed by atoms with Crippen LogP contribution >= 0.6 is 0 Å². The van der Waals surface area contributed by atoms with Crippen LogP contribution in [0.3, 0.4) is 0 Å². The molecule has 1 N–H and O–H groups in total. The van der Waals surface area contributed by atoms with Crippen LogP contribution < -0.4 is 10.1 Å². The van der Waals surface area contributed by atoms with Crippen LogP contribution in [0, 0.1) is 6.92 Å². The van der Waals surface area contributed by atoms with Crippen LogP contribution in [0.25, 0.3) is 0 Å². The fourth-order valence-corrected chi connectivity index (χ4v) is 2.83. The van der Waals surface area contributed by atoms with E-state index in [1.807, 2.05) is 39.0 Å². The fourth-order valence-electron chi connectivity index (χ4n) is 2.83. The Kier molecular flexibility index (Phi) is 4.88. The van der Waals surface area contributed by atoms with Gasteiger partial charge >= 0.3 is 0 Å². The van der Waals surface area contributed by atoms with E-state index < -0.39 is 5.60 Å². The van der Waals surface area contributed by atoms with Gasteiger partial charge in [0.25, 0.3) is 5.91 Å². The molecule has 0 bridgehead atoms. The van der Waals surface area contributed by atoms with Gasteiger partial charge in [-0.2, -0.15) is 0 Å². The molecule has 1 saturated carbocycles. The Morgan fingerprint density at radius 3 is 2.48 bits per heavy atom. The van der Waals surface area contributed by atoms with Crippen molar-refractivity contribution < 1.29 is 14.3 Å². The van der Waals surface area contributed by atoms with E-state index in [9.17, 15) is 4.79 Å². The minimum Gasteiger partial charge on any atom is -0.491 e. The number of aryl methyl sites for hydroxylation is 1. The van der Waals surface area contributed by atoms with E-state index in [1.54, 1.807) is 7.11 Å². The second-order valence-corrected chi connectivity index (χ2v) is 6.01. The van der Waals surface area contributed by atoms with Gasteiger partial charge in [0, 0.05) is 12.8 Å². The summed E-state index contributed by atoms with van der Waals surface area (Å²) in [4.78, 5) is 12.5. The van der Waals surface area contributed by atoms with Crippen molar-refractivity contribution >= 4 is 11.6 Å². The van der Waals surface area contributed by atoms with E-state index in [1.165, 1.54) is 0 Å². The van der Waals surface area contributed by atoms with Crippen molar-refractivity contribution in [2.75, 3.05) is 12.4 Å². The standard InChI is InChI=1S/C17H25NO3/c1-12(2)21-15-8-7-14(11-13(15)3)18-16(19)17(20-4)9-5-6-10-17/h7-8,11-12H,5-6,9-10H2,1-4H3,(H,18,19). The molecule has 0 aromatic heterocycles. The topological polar surface area (TPSA) is 47.6 Å². The number of nitrogens with one attached hydrogen (secondary N) is 1. The van der Waals surface area contributed by atoms with Crippen molar-refractivity contribution in [3.8, 4) is 5.75 Å². The normalized spacial score (nSPS) is 17.0. The van der Waals surface area contributed by atoms with Crippen LogP contribution in [-0.4, -0.2) is 24.7 Å². The summed E-state index contributed by atoms with van der Waals surface area (Å²) in [6.07, 6.45) is 3.81. The molecule has 21 heavy (non-hydrogen) atoms. The van der Waals surface area contributed by atoms with Gasteiger partial charge in [0.2, 0.25) is 0 Å². The lowest BCUT2D eigenvalue weighted by molar-refractivity contribution is -0.136. The molecular formula is C17H25NO3. The molecule has 0 atom stereocenters. The van der Waals surface area contributed by atoms with E-state index in [4.69, 9.17) is 9.47 Å². The van der Waals surface area contributed by atoms with Gasteiger partial charge in [0.1, 0.15) is 11.4 Å². The summed E-state index contributed by atoms with van der Waals surface area (Å²) in [5.41, 5.74) is 1.15. The smallest absolute Gasteiger partial charge is 0.256 e. The molecule has 0 heterocycles. The molecule has 4 heteroatoms. The van der Waals surface area contributed by atoms with Gasteiger partial charge in [-0.05, 0) is 70.2 Å². The van der Waals surface area contributed by atoms with Crippen LogP contribution in [0.4, 0.5) is 5.69 Å². The Morgan fingerprint density at radius 2 is 1.95 bits per heavy atom. The molecule has 0 unspecified atom stereocenters. The molecule has 0 radical (unpaired) electrons. The Morgan fingerprint density at radius 1 is 1.29 bits per heavy atom. The van der Waals surface area contributed by atoms with E-state index >= 15 is 0 Å². The lowest BCUT2D eigenvalue weighted by Crippen LogP contribution is -2.42. The number of rotatable bonds is 5. The summed E-state index contributed by atoms with van der Waals surface area (Å²) >= 11 is 0. The third kappa shape index (κ3) is 3.56. The van der Waals surface area contributed by atoms with E-state index in [0.29, 0.717) is 0 Å². The van der Waals surface area contributed by atoms with Crippen LogP contribution in [0.15, 0.2) is 18.2 Å². The first-order valence-corrected chi connectivity index (χ1v) is 7.61. The maximum absolute atomic E-state index is 12.5. The lowest BCUT2D eigenvalue weighted by Gasteiger charge is -2.26. The Bertz CT molecular complexity index is 505. The van der Waals surface area contributed by atoms with E-state index in [-0.39, 0.29) is 12.0 Å². The van der Waals surface area contributed by atoms with Gasteiger partial charge in [-0.3, -0.25) is 4.79 Å². The predicted octanol–water partition coefficient (Wildman–Crippen LogP) is 3.68. The van der Waals surface area contributed by atoms with E-state index in [2.05, 4.69) is 5.32 Å². The zero-order valence-electron chi connectivity index (χ0n) is 13.4. The van der Waals surface area contributed by atoms with Gasteiger partial charge in [0.15, 0.2) is 0 Å². The Hall–Kier alpha value is -1.55. The van der Waals surface area contributed by atoms with Gasteiger partial charge in [-0.15, -0.1) is 0 Å². The summed E-state index contributed by atoms with van der Waals surface area (Å²) in [6, 6.07) is 5.72. The number of carbonyl (C=O) groups excluding carboxylic acids is 1. The van der Waals surface area contributed by atoms with Crippen molar-refractivity contribution in [3.63, 3.8) is 0 Å². The number of amides is 1. The second-order valence-electron chi connectivity index (χ2n) is 6.01. The van der Waals surface area contributed by atoms with Gasteiger partial charge in [-0.1, -0.05) is 0 Å². The van der Waals surface area contributed by atoms with Crippen LogP contribution in [0.1, 0.15) is 45.1 Å². The number of ether oxygens (including phenoxy) is 2. The molecule has 1 aromatic rings. The van der Waals surface area contributed by atoms with Gasteiger partial charge < -0.3 is 14.8 Å². The number of hydrogen-bond donors (Lipinski definition) is 1. The van der Waals surface area contributed by atoms with Gasteiger partial charge in [-0.25, -0.2) is 0 Å². The molecule has 0 saturated heterocycles. The van der Waals surface area contributed by atoms with Crippen molar-refractivity contribution in [2.45, 2.75) is 58.2 Å². The largest absolute Gasteiger partial charge is 0.491 e. The molecule has 2 rings (SSSR count). The third-order valence-corrected chi connectivity index (χ3v) is 4.01. The highest BCUT2D eigenvalue weighted by atomic mass is 16.5. The monoisotopic (exact) mass is 291 g/mol. The Balaban J connectivity index is 2.09. The second kappa shape index (κ2) is 6.48. The number of carbonyl (C=O) groups is 1. The summed E-state index contributed by atoms with van der Waals surface area (Å²) in [6.45, 7) is 5.98. The Labute approximate surface area is 126 Å². The first kappa shape index (κ1) is 15.8. The molecule has 1 aliphatic carbocycles. The summed E-state index contributed by atoms with van der Waals surface area (Å²) in [5, 5.41) is 2.98. The van der Waals surface area contributed by atoms with Crippen molar-refractivity contribution in [1.29, 1.82) is 0 Å². The van der Waals surface area contributed by atoms with Crippen molar-refractivity contribution in [1.82, 2.24) is 0 Å². The SMILES string of the molecule is COC1(C(=O)Nc2ccc(OC(C)C)c(C)c2)CCCC1. The summed E-state index contributed by atoms with van der Waals surface area (Å²) < 4.78 is 11.2. The predicted molar refractivity (Wildman–Crippen MR) is 83.8 cm³/mol. The molecular weight excluding hydrogens is 266 g/mol. The quantitative estimate of drug-likeness (QED) is 0.900. The molecule has 1 amide bonds. The van der Waals surface area contributed by atoms with Crippen LogP contribution in [-0.2, 0) is 9.53 Å². The number of benzene rings is 1. The van der Waals surface area contributed by atoms with Crippen molar-refractivity contribution in [2.24, 2.45) is 0 Å². The minimum atomic E-state index is -0.652. The highest BCUT2D eigenvalue weighted by Gasteiger charge is 2.41. The molecule has 1 fully saturated rings. The van der Waals surface area contributed by atoms with Crippen LogP contribution in [0.5, 0.6) is 5.75 Å². The van der Waals surface area contributed by atoms with Gasteiger partial charge in [0.05, 0.1) is 6.10 Å². The van der Waals surface area contributed by atoms with E-state index in [0.717, 1.165) is 42.7 Å². The third-order valence-electron chi connectivity index (χ3n) is 4.01. The molecule has 4 nitrogen and oxygen atoms in total. The molecule has 116 valence electrons. The summed E-state index contributed by atoms with van der Waals surface area (Å²) in [5.74, 6) is 0.810. The molecule has 1 aliphatic rings. The summed E-state index contributed by atoms with van der Waals surface area (Å²) in [7, 11) is 1.62. The fraction of sp³-hybridized carbons (Fsp3) is 0.588. The maximum Gasteiger partial charge on any atom is 0.256 e. The van der Waals surface area contributed by atoms with Crippen molar-refractivity contribution in [3.05, 3.63) is 23.8 Å². The molecule has 1 aromatic carbocycles. The highest BCUT2D eigenvalue weighted by molar-refractivity contribution is 5.97. The minimum absolute atomic E-state index is 0.0422. The molecule has 0 spiro atoms. The average molecular weight is 291 g/mol. The average Bonchev–Trinajstić information content (AvgIpc) is 2.91.